The van der Waals surface area contributed by atoms with Crippen molar-refractivity contribution in [2.75, 3.05) is 0 Å². The third kappa shape index (κ3) is 5.62. The standard InChI is InChI=1S/C47H16B12N4S/c48-30-24-26-27-25-29(33(51)39(57)37(55)31(25)49)35(53)41(59)43(27)63(42(26)40(58)34(52)28(24)32(50)38(56)36(30)54)21-15-7-13-19-23-20(14-8-16-22(23)64-44(19)21)47-61-45(17-9-3-1-4-10-17)60-46(62-47)18-11-5-2-6-12-18/h1-16H. The molecule has 17 heteroatoms. The van der Waals surface area contributed by atoms with Crippen molar-refractivity contribution < 1.29 is 0 Å². The zero-order chi connectivity index (χ0) is 44.6. The van der Waals surface area contributed by atoms with E-state index in [2.05, 4.69) is 12.1 Å². The number of fused-ring (bicyclic) bond motifs is 10. The Kier molecular flexibility index (Phi) is 9.46. The van der Waals surface area contributed by atoms with Crippen molar-refractivity contribution in [3.05, 3.63) is 97.1 Å². The second-order valence-electron chi connectivity index (χ2n) is 15.7. The third-order valence-electron chi connectivity index (χ3n) is 12.3. The van der Waals surface area contributed by atoms with Gasteiger partial charge in [0.2, 0.25) is 0 Å². The fraction of sp³-hybridized carbons (Fsp3) is 0. The maximum atomic E-state index is 7.19. The van der Waals surface area contributed by atoms with Gasteiger partial charge in [-0.25, -0.2) is 15.0 Å². The minimum absolute atomic E-state index is 0.0589. The molecule has 0 atom stereocenters. The lowest BCUT2D eigenvalue weighted by molar-refractivity contribution is 1.08. The van der Waals surface area contributed by atoms with Crippen LogP contribution in [0, 0.1) is 0 Å². The van der Waals surface area contributed by atoms with E-state index < -0.39 is 0 Å². The summed E-state index contributed by atoms with van der Waals surface area (Å²) in [5.74, 6) is 1.58. The second kappa shape index (κ2) is 14.8. The van der Waals surface area contributed by atoms with E-state index in [9.17, 15) is 0 Å². The first kappa shape index (κ1) is 40.8. The zero-order valence-corrected chi connectivity index (χ0v) is 34.7. The Labute approximate surface area is 388 Å². The molecule has 0 saturated heterocycles. The molecule has 0 spiro atoms. The fourth-order valence-electron chi connectivity index (χ4n) is 9.20. The van der Waals surface area contributed by atoms with E-state index in [0.717, 1.165) is 36.9 Å². The van der Waals surface area contributed by atoms with Crippen molar-refractivity contribution in [2.45, 2.75) is 0 Å². The summed E-state index contributed by atoms with van der Waals surface area (Å²) < 4.78 is 3.74. The normalized spacial score (nSPS) is 11.9. The van der Waals surface area contributed by atoms with Crippen LogP contribution in [-0.2, 0) is 0 Å². The highest BCUT2D eigenvalue weighted by atomic mass is 32.1. The molecule has 0 unspecified atom stereocenters. The highest BCUT2D eigenvalue weighted by molar-refractivity contribution is 7.26. The number of thiophene rings is 1. The van der Waals surface area contributed by atoms with Crippen LogP contribution >= 0.6 is 11.3 Å². The van der Waals surface area contributed by atoms with Gasteiger partial charge in [0, 0.05) is 54.0 Å². The SMILES string of the molecule is [B]c1c([B])c([B])c2c(c1[B])c([B])c([B])c1c2c2c3c([B])c([B])c([B])c([B])c3c([B])c([B])c2n1-c1cccc2c1sc1cccc(-c3nc(-c4ccccc4)nc(-c4ccccc4)n3)c12. The Bertz CT molecular complexity index is 3690. The molecule has 266 valence electrons. The number of rotatable bonds is 4. The number of hydrogen-bond donors (Lipinski definition) is 0. The Hall–Kier alpha value is -5.91. The van der Waals surface area contributed by atoms with Gasteiger partial charge in [-0.3, -0.25) is 0 Å². The number of aromatic nitrogens is 4. The van der Waals surface area contributed by atoms with Gasteiger partial charge < -0.3 is 4.57 Å². The molecule has 11 aromatic rings. The molecule has 0 aliphatic rings. The van der Waals surface area contributed by atoms with E-state index in [-0.39, 0.29) is 65.6 Å². The maximum absolute atomic E-state index is 7.19. The van der Waals surface area contributed by atoms with Gasteiger partial charge in [0.15, 0.2) is 17.5 Å². The molecule has 24 radical (unpaired) electrons. The minimum Gasteiger partial charge on any atom is -0.309 e. The van der Waals surface area contributed by atoms with Gasteiger partial charge in [0.25, 0.3) is 0 Å². The molecule has 0 aliphatic heterocycles. The summed E-state index contributed by atoms with van der Waals surface area (Å²) in [6.07, 6.45) is 0. The highest BCUT2D eigenvalue weighted by Gasteiger charge is 2.28. The van der Waals surface area contributed by atoms with Gasteiger partial charge in [0.1, 0.15) is 94.2 Å². The average molecular weight is 798 g/mol. The van der Waals surface area contributed by atoms with Crippen LogP contribution in [0.4, 0.5) is 0 Å². The molecule has 4 nitrogen and oxygen atoms in total. The molecule has 0 fully saturated rings. The molecule has 0 aliphatic carbocycles. The Morgan fingerprint density at radius 3 is 1.25 bits per heavy atom. The molecule has 0 N–H and O–H groups in total. The molecule has 3 heterocycles. The van der Waals surface area contributed by atoms with Crippen LogP contribution in [0.1, 0.15) is 0 Å². The summed E-state index contributed by atoms with van der Waals surface area (Å²) in [6.45, 7) is 0. The number of benzene rings is 8. The van der Waals surface area contributed by atoms with Crippen molar-refractivity contribution in [3.8, 4) is 39.9 Å². The Balaban J connectivity index is 1.31. The Morgan fingerprint density at radius 2 is 0.766 bits per heavy atom. The molecular weight excluding hydrogens is 782 g/mol. The fourth-order valence-corrected chi connectivity index (χ4v) is 10.4. The quantitative estimate of drug-likeness (QED) is 0.197. The summed E-state index contributed by atoms with van der Waals surface area (Å²) in [5, 5.41) is 4.10. The summed E-state index contributed by atoms with van der Waals surface area (Å²) in [4.78, 5) is 15.1. The molecule has 64 heavy (non-hydrogen) atoms. The van der Waals surface area contributed by atoms with E-state index >= 15 is 0 Å². The van der Waals surface area contributed by atoms with Crippen LogP contribution in [0.25, 0.3) is 103 Å². The number of hydrogen-bond acceptors (Lipinski definition) is 4. The summed E-state index contributed by atoms with van der Waals surface area (Å²) >= 11 is 1.56. The molecule has 0 saturated carbocycles. The van der Waals surface area contributed by atoms with Gasteiger partial charge in [0.05, 0.1) is 10.4 Å². The largest absolute Gasteiger partial charge is 0.309 e. The summed E-state index contributed by atoms with van der Waals surface area (Å²) in [6, 6.07) is 31.7. The topological polar surface area (TPSA) is 43.6 Å². The molecule has 8 aromatic carbocycles. The van der Waals surface area contributed by atoms with E-state index in [1.54, 1.807) is 11.3 Å². The van der Waals surface area contributed by atoms with Crippen LogP contribution in [0.5, 0.6) is 0 Å². The minimum atomic E-state index is 0.0589. The van der Waals surface area contributed by atoms with E-state index in [0.29, 0.717) is 66.5 Å². The first-order valence-electron chi connectivity index (χ1n) is 19.9. The van der Waals surface area contributed by atoms with Crippen LogP contribution < -0.4 is 65.6 Å². The maximum Gasteiger partial charge on any atom is 0.164 e. The van der Waals surface area contributed by atoms with E-state index in [1.807, 2.05) is 89.5 Å². The number of nitrogens with zero attached hydrogens (tertiary/aromatic N) is 4. The lowest BCUT2D eigenvalue weighted by Gasteiger charge is -2.23. The summed E-state index contributed by atoms with van der Waals surface area (Å²) in [7, 11) is 81.5. The van der Waals surface area contributed by atoms with Crippen molar-refractivity contribution in [2.24, 2.45) is 0 Å². The average Bonchev–Trinajstić information content (AvgIpc) is 3.88. The second-order valence-corrected chi connectivity index (χ2v) is 16.8. The predicted molar refractivity (Wildman–Crippen MR) is 283 cm³/mol. The van der Waals surface area contributed by atoms with Crippen molar-refractivity contribution in [3.63, 3.8) is 0 Å². The van der Waals surface area contributed by atoms with Crippen molar-refractivity contribution >= 4 is 235 Å². The first-order chi connectivity index (χ1) is 30.8. The summed E-state index contributed by atoms with van der Waals surface area (Å²) in [5.41, 5.74) is 5.24. The van der Waals surface area contributed by atoms with Gasteiger partial charge >= 0.3 is 0 Å². The van der Waals surface area contributed by atoms with Gasteiger partial charge in [-0.15, -0.1) is 33.2 Å². The van der Waals surface area contributed by atoms with Crippen LogP contribution in [-0.4, -0.2) is 114 Å². The van der Waals surface area contributed by atoms with Crippen molar-refractivity contribution in [1.82, 2.24) is 19.5 Å². The first-order valence-corrected chi connectivity index (χ1v) is 20.8. The van der Waals surface area contributed by atoms with E-state index in [1.165, 1.54) is 0 Å². The molecule has 11 rings (SSSR count). The molecular formula is C47H16B12N4S. The lowest BCUT2D eigenvalue weighted by atomic mass is 9.60. The van der Waals surface area contributed by atoms with Crippen LogP contribution in [0.3, 0.4) is 0 Å². The van der Waals surface area contributed by atoms with Gasteiger partial charge in [-0.2, -0.15) is 0 Å². The third-order valence-corrected chi connectivity index (χ3v) is 13.5. The van der Waals surface area contributed by atoms with Crippen LogP contribution in [0.2, 0.25) is 0 Å². The lowest BCUT2D eigenvalue weighted by Crippen LogP contribution is -2.50. The molecule has 3 aromatic heterocycles. The highest BCUT2D eigenvalue weighted by Crippen LogP contribution is 2.44. The van der Waals surface area contributed by atoms with E-state index in [4.69, 9.17) is 109 Å². The molecule has 0 bridgehead atoms. The molecule has 0 amide bonds. The predicted octanol–water partition coefficient (Wildman–Crippen LogP) is -1.83. The zero-order valence-electron chi connectivity index (χ0n) is 33.9. The van der Waals surface area contributed by atoms with Crippen molar-refractivity contribution in [1.29, 1.82) is 0 Å². The van der Waals surface area contributed by atoms with Crippen LogP contribution in [0.15, 0.2) is 97.1 Å². The van der Waals surface area contributed by atoms with Gasteiger partial charge in [-0.05, 0) is 33.7 Å². The smallest absolute Gasteiger partial charge is 0.164 e. The van der Waals surface area contributed by atoms with Gasteiger partial charge in [-0.1, -0.05) is 129 Å². The monoisotopic (exact) mass is 800 g/mol. The Morgan fingerprint density at radius 1 is 0.344 bits per heavy atom.